The van der Waals surface area contributed by atoms with Crippen molar-refractivity contribution in [3.8, 4) is 11.4 Å². The van der Waals surface area contributed by atoms with Crippen LogP contribution < -0.4 is 5.32 Å². The summed E-state index contributed by atoms with van der Waals surface area (Å²) in [5.74, 6) is 0.358. The van der Waals surface area contributed by atoms with Gasteiger partial charge >= 0.3 is 5.97 Å². The average Bonchev–Trinajstić information content (AvgIpc) is 2.94. The number of H-pyrrole nitrogens is 1. The first-order chi connectivity index (χ1) is 10.6. The summed E-state index contributed by atoms with van der Waals surface area (Å²) in [5.41, 5.74) is 1.55. The molecule has 0 saturated heterocycles. The highest BCUT2D eigenvalue weighted by atomic mass is 32.2. The Hall–Kier alpha value is -2.35. The third-order valence-corrected chi connectivity index (χ3v) is 3.39. The fourth-order valence-electron chi connectivity index (χ4n) is 1.68. The Morgan fingerprint density at radius 1 is 1.32 bits per heavy atom. The van der Waals surface area contributed by atoms with Gasteiger partial charge in [0.15, 0.2) is 5.82 Å². The van der Waals surface area contributed by atoms with Crippen molar-refractivity contribution in [2.45, 2.75) is 19.0 Å². The molecule has 2 aromatic rings. The number of hydrogen-bond acceptors (Lipinski definition) is 6. The summed E-state index contributed by atoms with van der Waals surface area (Å²) in [7, 11) is 0. The maximum Gasteiger partial charge on any atom is 0.316 e. The van der Waals surface area contributed by atoms with Crippen molar-refractivity contribution in [2.75, 3.05) is 17.7 Å². The summed E-state index contributed by atoms with van der Waals surface area (Å²) in [6.45, 7) is 3.58. The van der Waals surface area contributed by atoms with Crippen molar-refractivity contribution in [1.29, 1.82) is 0 Å². The Bertz CT molecular complexity index is 654. The number of benzene rings is 1. The number of nitrogens with zero attached hydrogens (tertiary/aromatic N) is 2. The number of hydrogen-bond donors (Lipinski definition) is 2. The number of esters is 1. The lowest BCUT2D eigenvalue weighted by Gasteiger charge is -2.02. The molecule has 8 heteroatoms. The lowest BCUT2D eigenvalue weighted by molar-refractivity contribution is -0.139. The van der Waals surface area contributed by atoms with E-state index in [1.165, 1.54) is 18.7 Å². The molecule has 0 unspecified atom stereocenters. The largest absolute Gasteiger partial charge is 0.465 e. The molecule has 0 fully saturated rings. The number of aromatic amines is 1. The second-order valence-corrected chi connectivity index (χ2v) is 5.26. The summed E-state index contributed by atoms with van der Waals surface area (Å²) in [6.07, 6.45) is 0. The zero-order chi connectivity index (χ0) is 15.9. The van der Waals surface area contributed by atoms with Crippen LogP contribution in [0.1, 0.15) is 13.8 Å². The van der Waals surface area contributed by atoms with Crippen molar-refractivity contribution in [2.24, 2.45) is 0 Å². The molecule has 116 valence electrons. The molecule has 1 aromatic carbocycles. The van der Waals surface area contributed by atoms with Crippen LogP contribution in [0.5, 0.6) is 0 Å². The normalized spacial score (nSPS) is 10.3. The van der Waals surface area contributed by atoms with E-state index in [1.54, 1.807) is 19.1 Å². The van der Waals surface area contributed by atoms with Crippen LogP contribution in [-0.2, 0) is 14.3 Å². The van der Waals surface area contributed by atoms with Gasteiger partial charge in [-0.3, -0.25) is 14.7 Å². The molecule has 7 nitrogen and oxygen atoms in total. The highest BCUT2D eigenvalue weighted by Gasteiger charge is 2.09. The smallest absolute Gasteiger partial charge is 0.316 e. The number of carbonyl (C=O) groups is 2. The zero-order valence-electron chi connectivity index (χ0n) is 12.3. The minimum atomic E-state index is -0.293. The molecular weight excluding hydrogens is 304 g/mol. The number of amides is 1. The van der Waals surface area contributed by atoms with Gasteiger partial charge < -0.3 is 10.1 Å². The molecule has 0 aliphatic carbocycles. The first kappa shape index (κ1) is 16.0. The molecule has 0 bridgehead atoms. The fraction of sp³-hybridized carbons (Fsp3) is 0.286. The van der Waals surface area contributed by atoms with E-state index in [0.29, 0.717) is 23.3 Å². The van der Waals surface area contributed by atoms with Gasteiger partial charge in [0.2, 0.25) is 11.1 Å². The van der Waals surface area contributed by atoms with E-state index in [1.807, 2.05) is 12.1 Å². The van der Waals surface area contributed by atoms with Crippen molar-refractivity contribution in [3.63, 3.8) is 0 Å². The van der Waals surface area contributed by atoms with E-state index >= 15 is 0 Å². The van der Waals surface area contributed by atoms with Gasteiger partial charge in [0.05, 0.1) is 12.4 Å². The maximum atomic E-state index is 11.3. The van der Waals surface area contributed by atoms with Crippen LogP contribution in [0.3, 0.4) is 0 Å². The van der Waals surface area contributed by atoms with Crippen LogP contribution in [0.15, 0.2) is 29.4 Å². The first-order valence-corrected chi connectivity index (χ1v) is 7.66. The quantitative estimate of drug-likeness (QED) is 0.625. The van der Waals surface area contributed by atoms with Crippen LogP contribution in [0.25, 0.3) is 11.4 Å². The van der Waals surface area contributed by atoms with Gasteiger partial charge in [-0.05, 0) is 31.2 Å². The molecule has 0 radical (unpaired) electrons. The molecule has 22 heavy (non-hydrogen) atoms. The maximum absolute atomic E-state index is 11.3. The Morgan fingerprint density at radius 3 is 2.68 bits per heavy atom. The molecule has 0 saturated carbocycles. The molecule has 0 aliphatic heterocycles. The molecule has 2 rings (SSSR count). The highest BCUT2D eigenvalue weighted by Crippen LogP contribution is 2.21. The minimum absolute atomic E-state index is 0.120. The highest BCUT2D eigenvalue weighted by molar-refractivity contribution is 7.99. The lowest BCUT2D eigenvalue weighted by Crippen LogP contribution is -2.06. The molecular formula is C14H16N4O3S. The second kappa shape index (κ2) is 7.60. The number of ether oxygens (including phenoxy) is 1. The van der Waals surface area contributed by atoms with Gasteiger partial charge in [-0.25, -0.2) is 4.98 Å². The van der Waals surface area contributed by atoms with Crippen molar-refractivity contribution < 1.29 is 14.3 Å². The Labute approximate surface area is 131 Å². The second-order valence-electron chi connectivity index (χ2n) is 4.32. The summed E-state index contributed by atoms with van der Waals surface area (Å²) in [6, 6.07) is 7.21. The summed E-state index contributed by atoms with van der Waals surface area (Å²) >= 11 is 1.21. The van der Waals surface area contributed by atoms with Crippen LogP contribution >= 0.6 is 11.8 Å². The van der Waals surface area contributed by atoms with E-state index in [-0.39, 0.29) is 17.6 Å². The topological polar surface area (TPSA) is 97.0 Å². The van der Waals surface area contributed by atoms with Crippen LogP contribution in [0.2, 0.25) is 0 Å². The van der Waals surface area contributed by atoms with Crippen molar-refractivity contribution in [3.05, 3.63) is 24.3 Å². The molecule has 1 aromatic heterocycles. The first-order valence-electron chi connectivity index (χ1n) is 6.67. The predicted molar refractivity (Wildman–Crippen MR) is 83.5 cm³/mol. The van der Waals surface area contributed by atoms with Gasteiger partial charge in [0, 0.05) is 18.2 Å². The number of carbonyl (C=O) groups excluding carboxylic acids is 2. The van der Waals surface area contributed by atoms with Crippen LogP contribution in [0, 0.1) is 0 Å². The predicted octanol–water partition coefficient (Wildman–Crippen LogP) is 2.09. The molecule has 0 spiro atoms. The van der Waals surface area contributed by atoms with E-state index in [0.717, 1.165) is 5.56 Å². The summed E-state index contributed by atoms with van der Waals surface area (Å²) < 4.78 is 4.84. The summed E-state index contributed by atoms with van der Waals surface area (Å²) in [5, 5.41) is 10.0. The molecule has 0 atom stereocenters. The van der Waals surface area contributed by atoms with E-state index in [9.17, 15) is 9.59 Å². The monoisotopic (exact) mass is 320 g/mol. The van der Waals surface area contributed by atoms with E-state index < -0.39 is 0 Å². The molecule has 1 amide bonds. The summed E-state index contributed by atoms with van der Waals surface area (Å²) in [4.78, 5) is 26.5. The van der Waals surface area contributed by atoms with Gasteiger partial charge in [-0.15, -0.1) is 5.10 Å². The third kappa shape index (κ3) is 4.59. The van der Waals surface area contributed by atoms with Crippen molar-refractivity contribution >= 4 is 29.3 Å². The van der Waals surface area contributed by atoms with E-state index in [4.69, 9.17) is 4.74 Å². The fourth-order valence-corrected chi connectivity index (χ4v) is 2.28. The molecule has 0 aliphatic rings. The van der Waals surface area contributed by atoms with Crippen molar-refractivity contribution in [1.82, 2.24) is 15.2 Å². The lowest BCUT2D eigenvalue weighted by atomic mass is 10.2. The number of rotatable bonds is 6. The average molecular weight is 320 g/mol. The van der Waals surface area contributed by atoms with E-state index in [2.05, 4.69) is 20.5 Å². The Morgan fingerprint density at radius 2 is 2.05 bits per heavy atom. The standard InChI is InChI=1S/C14H16N4O3S/c1-3-21-12(20)8-22-14-16-13(17-18-14)10-4-6-11(7-5-10)15-9(2)19/h4-7H,3,8H2,1-2H3,(H,15,19)(H,16,17,18). The molecule has 2 N–H and O–H groups in total. The molecule has 1 heterocycles. The van der Waals surface area contributed by atoms with Gasteiger partial charge in [0.1, 0.15) is 0 Å². The number of aromatic nitrogens is 3. The third-order valence-electron chi connectivity index (χ3n) is 2.57. The van der Waals surface area contributed by atoms with Crippen LogP contribution in [-0.4, -0.2) is 39.4 Å². The van der Waals surface area contributed by atoms with Gasteiger partial charge in [0.25, 0.3) is 0 Å². The SMILES string of the molecule is CCOC(=O)CSc1n[nH]c(-c2ccc(NC(C)=O)cc2)n1. The van der Waals surface area contributed by atoms with Crippen LogP contribution in [0.4, 0.5) is 5.69 Å². The minimum Gasteiger partial charge on any atom is -0.465 e. The number of thioether (sulfide) groups is 1. The number of anilines is 1. The Balaban J connectivity index is 1.98. The zero-order valence-corrected chi connectivity index (χ0v) is 13.1. The Kier molecular flexibility index (Phi) is 5.54. The van der Waals surface area contributed by atoms with Gasteiger partial charge in [-0.2, -0.15) is 0 Å². The van der Waals surface area contributed by atoms with Gasteiger partial charge in [-0.1, -0.05) is 11.8 Å². The number of nitrogens with one attached hydrogen (secondary N) is 2.